The molecule has 0 spiro atoms. The summed E-state index contributed by atoms with van der Waals surface area (Å²) in [4.78, 5) is 15.9. The van der Waals surface area contributed by atoms with E-state index in [-0.39, 0.29) is 5.91 Å². The highest BCUT2D eigenvalue weighted by Crippen LogP contribution is 2.25. The molecule has 0 saturated heterocycles. The van der Waals surface area contributed by atoms with E-state index in [2.05, 4.69) is 20.5 Å². The number of anilines is 1. The number of carbonyl (C=O) groups is 1. The average molecular weight is 265 g/mol. The van der Waals surface area contributed by atoms with Crippen LogP contribution in [0.3, 0.4) is 0 Å². The molecule has 6 heteroatoms. The molecule has 1 heterocycles. The SMILES string of the molecule is Cc1nc(-c2ccccc2NC(=O)C(C)Cl)n[nH]1. The van der Waals surface area contributed by atoms with Gasteiger partial charge in [-0.1, -0.05) is 12.1 Å². The fourth-order valence-corrected chi connectivity index (χ4v) is 1.54. The molecule has 0 bridgehead atoms. The number of amides is 1. The summed E-state index contributed by atoms with van der Waals surface area (Å²) in [5, 5.41) is 9.01. The topological polar surface area (TPSA) is 70.7 Å². The van der Waals surface area contributed by atoms with Crippen LogP contribution in [0.4, 0.5) is 5.69 Å². The third-order valence-corrected chi connectivity index (χ3v) is 2.58. The van der Waals surface area contributed by atoms with Crippen LogP contribution in [-0.2, 0) is 4.79 Å². The first-order valence-electron chi connectivity index (χ1n) is 5.51. The van der Waals surface area contributed by atoms with Gasteiger partial charge in [0.25, 0.3) is 0 Å². The van der Waals surface area contributed by atoms with Crippen molar-refractivity contribution in [1.82, 2.24) is 15.2 Å². The molecule has 0 radical (unpaired) electrons. The van der Waals surface area contributed by atoms with Gasteiger partial charge < -0.3 is 5.32 Å². The molecule has 0 aliphatic carbocycles. The van der Waals surface area contributed by atoms with Crippen LogP contribution < -0.4 is 5.32 Å². The minimum atomic E-state index is -0.591. The highest BCUT2D eigenvalue weighted by Gasteiger charge is 2.14. The summed E-state index contributed by atoms with van der Waals surface area (Å²) in [5.74, 6) is 1.01. The van der Waals surface area contributed by atoms with Gasteiger partial charge in [-0.3, -0.25) is 9.89 Å². The Bertz CT molecular complexity index is 565. The molecule has 1 atom stereocenters. The number of carbonyl (C=O) groups excluding carboxylic acids is 1. The van der Waals surface area contributed by atoms with Crippen LogP contribution in [-0.4, -0.2) is 26.5 Å². The van der Waals surface area contributed by atoms with Crippen molar-refractivity contribution >= 4 is 23.2 Å². The highest BCUT2D eigenvalue weighted by atomic mass is 35.5. The fraction of sp³-hybridized carbons (Fsp3) is 0.250. The molecule has 94 valence electrons. The third-order valence-electron chi connectivity index (χ3n) is 2.38. The zero-order valence-corrected chi connectivity index (χ0v) is 10.8. The molecular formula is C12H13ClN4O. The Balaban J connectivity index is 2.34. The number of rotatable bonds is 3. The summed E-state index contributed by atoms with van der Waals surface area (Å²) in [6.07, 6.45) is 0. The fourth-order valence-electron chi connectivity index (χ4n) is 1.48. The lowest BCUT2D eigenvalue weighted by Gasteiger charge is -2.09. The molecule has 0 saturated carbocycles. The minimum Gasteiger partial charge on any atom is -0.324 e. The second kappa shape index (κ2) is 5.18. The molecule has 2 rings (SSSR count). The Morgan fingerprint density at radius 2 is 2.17 bits per heavy atom. The van der Waals surface area contributed by atoms with Gasteiger partial charge in [-0.15, -0.1) is 11.6 Å². The van der Waals surface area contributed by atoms with Crippen LogP contribution in [0.15, 0.2) is 24.3 Å². The number of hydrogen-bond donors (Lipinski definition) is 2. The number of aromatic amines is 1. The molecule has 1 unspecified atom stereocenters. The molecule has 0 aliphatic rings. The summed E-state index contributed by atoms with van der Waals surface area (Å²) >= 11 is 5.73. The van der Waals surface area contributed by atoms with Gasteiger partial charge in [0, 0.05) is 5.56 Å². The second-order valence-electron chi connectivity index (χ2n) is 3.90. The molecule has 2 aromatic rings. The lowest BCUT2D eigenvalue weighted by atomic mass is 10.1. The zero-order valence-electron chi connectivity index (χ0n) is 10.1. The third kappa shape index (κ3) is 2.68. The van der Waals surface area contributed by atoms with E-state index >= 15 is 0 Å². The van der Waals surface area contributed by atoms with Crippen LogP contribution in [0.5, 0.6) is 0 Å². The van der Waals surface area contributed by atoms with E-state index in [1.165, 1.54) is 0 Å². The van der Waals surface area contributed by atoms with Crippen molar-refractivity contribution < 1.29 is 4.79 Å². The van der Waals surface area contributed by atoms with Gasteiger partial charge in [-0.05, 0) is 26.0 Å². The number of aryl methyl sites for hydroxylation is 1. The summed E-state index contributed by atoms with van der Waals surface area (Å²) in [6.45, 7) is 3.44. The molecule has 1 aromatic carbocycles. The van der Waals surface area contributed by atoms with Gasteiger partial charge in [0.1, 0.15) is 11.2 Å². The van der Waals surface area contributed by atoms with Crippen LogP contribution in [0.1, 0.15) is 12.7 Å². The Morgan fingerprint density at radius 3 is 2.78 bits per heavy atom. The number of halogens is 1. The Kier molecular flexibility index (Phi) is 3.62. The normalized spacial score (nSPS) is 12.2. The van der Waals surface area contributed by atoms with E-state index < -0.39 is 5.38 Å². The van der Waals surface area contributed by atoms with Crippen LogP contribution in [0, 0.1) is 6.92 Å². The Labute approximate surface area is 110 Å². The van der Waals surface area contributed by atoms with Crippen LogP contribution >= 0.6 is 11.6 Å². The predicted molar refractivity (Wildman–Crippen MR) is 70.5 cm³/mol. The summed E-state index contributed by atoms with van der Waals surface area (Å²) in [7, 11) is 0. The molecule has 1 amide bonds. The van der Waals surface area contributed by atoms with Crippen molar-refractivity contribution in [3.8, 4) is 11.4 Å². The Hall–Kier alpha value is -1.88. The van der Waals surface area contributed by atoms with Crippen molar-refractivity contribution in [2.75, 3.05) is 5.32 Å². The van der Waals surface area contributed by atoms with E-state index in [1.807, 2.05) is 25.1 Å². The van der Waals surface area contributed by atoms with Crippen molar-refractivity contribution in [3.05, 3.63) is 30.1 Å². The average Bonchev–Trinajstić information content (AvgIpc) is 2.76. The smallest absolute Gasteiger partial charge is 0.242 e. The number of benzene rings is 1. The Morgan fingerprint density at radius 1 is 1.44 bits per heavy atom. The van der Waals surface area contributed by atoms with E-state index in [1.54, 1.807) is 13.0 Å². The second-order valence-corrected chi connectivity index (χ2v) is 4.55. The first kappa shape index (κ1) is 12.6. The molecule has 0 aliphatic heterocycles. The monoisotopic (exact) mass is 264 g/mol. The van der Waals surface area contributed by atoms with Gasteiger partial charge in [0.05, 0.1) is 5.69 Å². The maximum absolute atomic E-state index is 11.6. The molecule has 2 N–H and O–H groups in total. The van der Waals surface area contributed by atoms with Gasteiger partial charge in [0.15, 0.2) is 5.82 Å². The van der Waals surface area contributed by atoms with Gasteiger partial charge in [-0.2, -0.15) is 5.10 Å². The number of H-pyrrole nitrogens is 1. The quantitative estimate of drug-likeness (QED) is 0.836. The van der Waals surface area contributed by atoms with Crippen molar-refractivity contribution in [2.24, 2.45) is 0 Å². The number of para-hydroxylation sites is 1. The molecule has 5 nitrogen and oxygen atoms in total. The summed E-state index contributed by atoms with van der Waals surface area (Å²) in [5.41, 5.74) is 1.40. The van der Waals surface area contributed by atoms with E-state index in [0.29, 0.717) is 11.5 Å². The standard InChI is InChI=1S/C12H13ClN4O/c1-7(13)12(18)15-10-6-4-3-5-9(10)11-14-8(2)16-17-11/h3-7H,1-2H3,(H,15,18)(H,14,16,17). The zero-order chi connectivity index (χ0) is 13.1. The number of nitrogens with zero attached hydrogens (tertiary/aromatic N) is 2. The number of aromatic nitrogens is 3. The predicted octanol–water partition coefficient (Wildman–Crippen LogP) is 2.35. The minimum absolute atomic E-state index is 0.253. The van der Waals surface area contributed by atoms with Crippen molar-refractivity contribution in [3.63, 3.8) is 0 Å². The lowest BCUT2D eigenvalue weighted by Crippen LogP contribution is -2.20. The number of hydrogen-bond acceptors (Lipinski definition) is 3. The van der Waals surface area contributed by atoms with Gasteiger partial charge >= 0.3 is 0 Å². The van der Waals surface area contributed by atoms with Crippen LogP contribution in [0.25, 0.3) is 11.4 Å². The van der Waals surface area contributed by atoms with Crippen molar-refractivity contribution in [1.29, 1.82) is 0 Å². The lowest BCUT2D eigenvalue weighted by molar-refractivity contribution is -0.115. The first-order chi connectivity index (χ1) is 8.58. The summed E-state index contributed by atoms with van der Waals surface area (Å²) in [6, 6.07) is 7.33. The van der Waals surface area contributed by atoms with Crippen molar-refractivity contribution in [2.45, 2.75) is 19.2 Å². The highest BCUT2D eigenvalue weighted by molar-refractivity contribution is 6.32. The van der Waals surface area contributed by atoms with E-state index in [4.69, 9.17) is 11.6 Å². The molecule has 0 fully saturated rings. The first-order valence-corrected chi connectivity index (χ1v) is 5.95. The number of alkyl halides is 1. The molecule has 18 heavy (non-hydrogen) atoms. The largest absolute Gasteiger partial charge is 0.324 e. The maximum atomic E-state index is 11.6. The number of nitrogens with one attached hydrogen (secondary N) is 2. The van der Waals surface area contributed by atoms with Gasteiger partial charge in [0.2, 0.25) is 5.91 Å². The maximum Gasteiger partial charge on any atom is 0.242 e. The summed E-state index contributed by atoms with van der Waals surface area (Å²) < 4.78 is 0. The molecular weight excluding hydrogens is 252 g/mol. The van der Waals surface area contributed by atoms with Gasteiger partial charge in [-0.25, -0.2) is 4.98 Å². The van der Waals surface area contributed by atoms with Crippen LogP contribution in [0.2, 0.25) is 0 Å². The molecule has 1 aromatic heterocycles. The van der Waals surface area contributed by atoms with E-state index in [0.717, 1.165) is 11.4 Å². The van der Waals surface area contributed by atoms with E-state index in [9.17, 15) is 4.79 Å².